The zero-order valence-corrected chi connectivity index (χ0v) is 14.5. The van der Waals surface area contributed by atoms with Crippen LogP contribution in [0.25, 0.3) is 0 Å². The Labute approximate surface area is 143 Å². The fourth-order valence-corrected chi connectivity index (χ4v) is 4.10. The molecule has 0 unspecified atom stereocenters. The normalized spacial score (nSPS) is 20.5. The molecule has 0 saturated heterocycles. The summed E-state index contributed by atoms with van der Waals surface area (Å²) < 4.78 is 0. The predicted octanol–water partition coefficient (Wildman–Crippen LogP) is 2.92. The van der Waals surface area contributed by atoms with Crippen LogP contribution >= 0.6 is 0 Å². The first-order valence-corrected chi connectivity index (χ1v) is 9.14. The Hall–Kier alpha value is -1.91. The number of hydrogen-bond acceptors (Lipinski definition) is 3. The maximum atomic E-state index is 13.1. The highest BCUT2D eigenvalue weighted by molar-refractivity contribution is 5.98. The zero-order chi connectivity index (χ0) is 17.0. The molecule has 5 nitrogen and oxygen atoms in total. The van der Waals surface area contributed by atoms with E-state index in [1.54, 1.807) is 36.3 Å². The van der Waals surface area contributed by atoms with Crippen molar-refractivity contribution in [3.05, 3.63) is 30.1 Å². The van der Waals surface area contributed by atoms with Gasteiger partial charge < -0.3 is 10.2 Å². The molecule has 1 aromatic rings. The number of nitrogens with one attached hydrogen (secondary N) is 1. The van der Waals surface area contributed by atoms with E-state index in [9.17, 15) is 9.59 Å². The number of pyridine rings is 1. The highest BCUT2D eigenvalue weighted by Crippen LogP contribution is 2.34. The van der Waals surface area contributed by atoms with E-state index in [-0.39, 0.29) is 17.9 Å². The maximum Gasteiger partial charge on any atom is 0.273 e. The molecule has 0 radical (unpaired) electrons. The Kier molecular flexibility index (Phi) is 5.17. The van der Waals surface area contributed by atoms with Crippen molar-refractivity contribution in [1.29, 1.82) is 0 Å². The third-order valence-electron chi connectivity index (χ3n) is 5.62. The van der Waals surface area contributed by atoms with Crippen LogP contribution in [-0.4, -0.2) is 40.3 Å². The van der Waals surface area contributed by atoms with Gasteiger partial charge in [0.25, 0.3) is 5.91 Å². The first-order chi connectivity index (χ1) is 11.6. The van der Waals surface area contributed by atoms with Crippen molar-refractivity contribution in [1.82, 2.24) is 15.2 Å². The summed E-state index contributed by atoms with van der Waals surface area (Å²) in [5.41, 5.74) is -0.325. The molecule has 2 amide bonds. The maximum absolute atomic E-state index is 13.1. The average Bonchev–Trinajstić information content (AvgIpc) is 3.14. The van der Waals surface area contributed by atoms with E-state index in [4.69, 9.17) is 0 Å². The van der Waals surface area contributed by atoms with Crippen LogP contribution in [-0.2, 0) is 4.79 Å². The Bertz CT molecular complexity index is 576. The number of likely N-dealkylation sites (N-methyl/N-ethyl adjacent to an activating group) is 1. The summed E-state index contributed by atoms with van der Waals surface area (Å²) in [4.78, 5) is 31.8. The Balaban J connectivity index is 1.81. The van der Waals surface area contributed by atoms with E-state index in [0.29, 0.717) is 5.69 Å². The van der Waals surface area contributed by atoms with Crippen molar-refractivity contribution in [2.45, 2.75) is 69.4 Å². The van der Waals surface area contributed by atoms with Gasteiger partial charge in [-0.05, 0) is 37.8 Å². The van der Waals surface area contributed by atoms with Gasteiger partial charge in [0.2, 0.25) is 5.91 Å². The number of aromatic nitrogens is 1. The molecule has 130 valence electrons. The average molecular weight is 329 g/mol. The summed E-state index contributed by atoms with van der Waals surface area (Å²) in [6.45, 7) is 0. The molecule has 0 aromatic carbocycles. The number of carbonyl (C=O) groups excluding carboxylic acids is 2. The summed E-state index contributed by atoms with van der Waals surface area (Å²) in [5.74, 6) is -0.139. The van der Waals surface area contributed by atoms with Crippen LogP contribution in [0.2, 0.25) is 0 Å². The molecule has 2 aliphatic rings. The Morgan fingerprint density at radius 3 is 2.46 bits per heavy atom. The van der Waals surface area contributed by atoms with E-state index in [0.717, 1.165) is 44.9 Å². The molecular weight excluding hydrogens is 302 g/mol. The number of carbonyl (C=O) groups is 2. The molecule has 0 bridgehead atoms. The summed E-state index contributed by atoms with van der Waals surface area (Å²) in [5, 5.41) is 3.22. The van der Waals surface area contributed by atoms with Crippen LogP contribution in [0.15, 0.2) is 24.4 Å². The van der Waals surface area contributed by atoms with Crippen molar-refractivity contribution in [3.8, 4) is 0 Å². The second-order valence-corrected chi connectivity index (χ2v) is 7.13. The lowest BCUT2D eigenvalue weighted by Crippen LogP contribution is -2.61. The van der Waals surface area contributed by atoms with Gasteiger partial charge in [-0.25, -0.2) is 0 Å². The summed E-state index contributed by atoms with van der Waals surface area (Å²) in [7, 11) is 1.76. The zero-order valence-electron chi connectivity index (χ0n) is 14.5. The van der Waals surface area contributed by atoms with Gasteiger partial charge in [-0.1, -0.05) is 38.2 Å². The van der Waals surface area contributed by atoms with Gasteiger partial charge in [-0.2, -0.15) is 0 Å². The van der Waals surface area contributed by atoms with Crippen molar-refractivity contribution < 1.29 is 9.59 Å². The smallest absolute Gasteiger partial charge is 0.273 e. The van der Waals surface area contributed by atoms with E-state index in [1.807, 2.05) is 0 Å². The van der Waals surface area contributed by atoms with Crippen LogP contribution in [0.5, 0.6) is 0 Å². The van der Waals surface area contributed by atoms with Gasteiger partial charge in [-0.15, -0.1) is 0 Å². The van der Waals surface area contributed by atoms with Crippen LogP contribution in [0.4, 0.5) is 0 Å². The van der Waals surface area contributed by atoms with Crippen LogP contribution in [0.1, 0.15) is 68.3 Å². The van der Waals surface area contributed by atoms with Crippen molar-refractivity contribution >= 4 is 11.8 Å². The third-order valence-corrected chi connectivity index (χ3v) is 5.62. The lowest BCUT2D eigenvalue weighted by molar-refractivity contribution is -0.134. The highest BCUT2D eigenvalue weighted by atomic mass is 16.2. The van der Waals surface area contributed by atoms with Gasteiger partial charge >= 0.3 is 0 Å². The molecule has 24 heavy (non-hydrogen) atoms. The summed E-state index contributed by atoms with van der Waals surface area (Å²) in [6.07, 6.45) is 10.7. The third kappa shape index (κ3) is 3.30. The van der Waals surface area contributed by atoms with E-state index >= 15 is 0 Å². The Morgan fingerprint density at radius 2 is 1.83 bits per heavy atom. The molecule has 5 heteroatoms. The standard InChI is InChI=1S/C19H27N3O2/c1-22(17(23)16-11-5-8-14-20-16)19(12-6-2-7-13-19)18(24)21-15-9-3-4-10-15/h5,8,11,14-15H,2-4,6-7,9-10,12-13H2,1H3,(H,21,24). The number of rotatable bonds is 4. The summed E-state index contributed by atoms with van der Waals surface area (Å²) in [6, 6.07) is 5.58. The topological polar surface area (TPSA) is 62.3 Å². The van der Waals surface area contributed by atoms with Crippen LogP contribution < -0.4 is 5.32 Å². The van der Waals surface area contributed by atoms with Crippen molar-refractivity contribution in [3.63, 3.8) is 0 Å². The van der Waals surface area contributed by atoms with Gasteiger partial charge in [0, 0.05) is 19.3 Å². The molecule has 0 atom stereocenters. The molecule has 2 fully saturated rings. The minimum atomic E-state index is -0.727. The second-order valence-electron chi connectivity index (χ2n) is 7.13. The lowest BCUT2D eigenvalue weighted by Gasteiger charge is -2.43. The molecule has 2 saturated carbocycles. The van der Waals surface area contributed by atoms with Gasteiger partial charge in [0.15, 0.2) is 0 Å². The van der Waals surface area contributed by atoms with Crippen LogP contribution in [0.3, 0.4) is 0 Å². The molecule has 1 aromatic heterocycles. The van der Waals surface area contributed by atoms with Gasteiger partial charge in [0.1, 0.15) is 11.2 Å². The number of amides is 2. The largest absolute Gasteiger partial charge is 0.351 e. The van der Waals surface area contributed by atoms with Crippen molar-refractivity contribution in [2.75, 3.05) is 7.05 Å². The molecule has 2 aliphatic carbocycles. The van der Waals surface area contributed by atoms with E-state index < -0.39 is 5.54 Å². The van der Waals surface area contributed by atoms with Crippen LogP contribution in [0, 0.1) is 0 Å². The lowest BCUT2D eigenvalue weighted by atomic mass is 9.79. The molecule has 1 heterocycles. The summed E-state index contributed by atoms with van der Waals surface area (Å²) >= 11 is 0. The molecular formula is C19H27N3O2. The number of nitrogens with zero attached hydrogens (tertiary/aromatic N) is 2. The monoisotopic (exact) mass is 329 g/mol. The van der Waals surface area contributed by atoms with E-state index in [2.05, 4.69) is 10.3 Å². The predicted molar refractivity (Wildman–Crippen MR) is 92.5 cm³/mol. The highest BCUT2D eigenvalue weighted by Gasteiger charge is 2.46. The molecule has 3 rings (SSSR count). The van der Waals surface area contributed by atoms with Crippen molar-refractivity contribution in [2.24, 2.45) is 0 Å². The second kappa shape index (κ2) is 7.32. The molecule has 0 aliphatic heterocycles. The van der Waals surface area contributed by atoms with Gasteiger partial charge in [-0.3, -0.25) is 14.6 Å². The fraction of sp³-hybridized carbons (Fsp3) is 0.632. The number of hydrogen-bond donors (Lipinski definition) is 1. The quantitative estimate of drug-likeness (QED) is 0.924. The van der Waals surface area contributed by atoms with E-state index in [1.165, 1.54) is 12.8 Å². The first-order valence-electron chi connectivity index (χ1n) is 9.14. The van der Waals surface area contributed by atoms with Gasteiger partial charge in [0.05, 0.1) is 0 Å². The SMILES string of the molecule is CN(C(=O)c1ccccn1)C1(C(=O)NC2CCCC2)CCCCC1. The molecule has 1 N–H and O–H groups in total. The molecule has 0 spiro atoms. The minimum absolute atomic E-state index is 0.0286. The first kappa shape index (κ1) is 16.9. The Morgan fingerprint density at radius 1 is 1.12 bits per heavy atom. The fourth-order valence-electron chi connectivity index (χ4n) is 4.10. The minimum Gasteiger partial charge on any atom is -0.351 e.